The first-order valence-electron chi connectivity index (χ1n) is 6.13. The van der Waals surface area contributed by atoms with Crippen molar-refractivity contribution in [2.24, 2.45) is 0 Å². The summed E-state index contributed by atoms with van der Waals surface area (Å²) in [6.45, 7) is 4.86. The van der Waals surface area contributed by atoms with Gasteiger partial charge in [0.25, 0.3) is 0 Å². The fourth-order valence-electron chi connectivity index (χ4n) is 1.60. The van der Waals surface area contributed by atoms with E-state index in [1.807, 2.05) is 24.3 Å². The average Bonchev–Trinajstić information content (AvgIpc) is 2.26. The molecule has 0 spiro atoms. The van der Waals surface area contributed by atoms with Crippen LogP contribution in [0.1, 0.15) is 38.8 Å². The Hall–Kier alpha value is -1.10. The van der Waals surface area contributed by atoms with Gasteiger partial charge in [0.1, 0.15) is 5.60 Å². The third-order valence-corrected chi connectivity index (χ3v) is 2.83. The van der Waals surface area contributed by atoms with Gasteiger partial charge in [-0.2, -0.15) is 0 Å². The average molecular weight is 332 g/mol. The summed E-state index contributed by atoms with van der Waals surface area (Å²) in [7, 11) is 0. The molecule has 1 atom stereocenters. The van der Waals surface area contributed by atoms with Gasteiger partial charge in [-0.05, 0) is 38.5 Å². The number of rotatable bonds is 4. The second-order valence-electron chi connectivity index (χ2n) is 5.23. The smallest absolute Gasteiger partial charge is 0.408 e. The van der Waals surface area contributed by atoms with Crippen LogP contribution < -0.4 is 5.32 Å². The highest BCUT2D eigenvalue weighted by Crippen LogP contribution is 2.21. The lowest BCUT2D eigenvalue weighted by molar-refractivity contribution is 0.0499. The van der Waals surface area contributed by atoms with Gasteiger partial charge in [-0.1, -0.05) is 28.1 Å². The molecule has 1 aromatic rings. The molecule has 0 aliphatic heterocycles. The van der Waals surface area contributed by atoms with Crippen LogP contribution in [0.4, 0.5) is 9.18 Å². The van der Waals surface area contributed by atoms with Crippen LogP contribution in [0, 0.1) is 0 Å². The summed E-state index contributed by atoms with van der Waals surface area (Å²) >= 11 is 3.36. The number of amides is 1. The Labute approximate surface area is 121 Å². The van der Waals surface area contributed by atoms with Gasteiger partial charge < -0.3 is 10.1 Å². The van der Waals surface area contributed by atoms with E-state index in [1.54, 1.807) is 20.8 Å². The van der Waals surface area contributed by atoms with Gasteiger partial charge in [-0.15, -0.1) is 0 Å². The molecule has 0 aliphatic carbocycles. The normalized spacial score (nSPS) is 12.9. The molecule has 106 valence electrons. The molecule has 0 radical (unpaired) electrons. The molecular weight excluding hydrogens is 313 g/mol. The third-order valence-electron chi connectivity index (χ3n) is 2.34. The Balaban J connectivity index is 2.76. The predicted molar refractivity (Wildman–Crippen MR) is 76.8 cm³/mol. The van der Waals surface area contributed by atoms with Crippen LogP contribution in [0.2, 0.25) is 0 Å². The summed E-state index contributed by atoms with van der Waals surface area (Å²) < 4.78 is 18.7. The highest BCUT2D eigenvalue weighted by Gasteiger charge is 2.20. The minimum atomic E-state index is -0.568. The summed E-state index contributed by atoms with van der Waals surface area (Å²) in [5.41, 5.74) is 0.277. The van der Waals surface area contributed by atoms with Crippen molar-refractivity contribution >= 4 is 22.0 Å². The molecule has 0 aromatic heterocycles. The van der Waals surface area contributed by atoms with Crippen molar-refractivity contribution in [2.75, 3.05) is 6.67 Å². The highest BCUT2D eigenvalue weighted by atomic mass is 79.9. The molecule has 1 rings (SSSR count). The zero-order chi connectivity index (χ0) is 14.5. The number of hydrogen-bond donors (Lipinski definition) is 1. The van der Waals surface area contributed by atoms with Crippen LogP contribution >= 0.6 is 15.9 Å². The minimum absolute atomic E-state index is 0.218. The van der Waals surface area contributed by atoms with Crippen LogP contribution in [0.5, 0.6) is 0 Å². The molecule has 0 fully saturated rings. The molecule has 1 amide bonds. The number of carbonyl (C=O) groups is 1. The van der Waals surface area contributed by atoms with Crippen LogP contribution in [0.15, 0.2) is 28.7 Å². The van der Waals surface area contributed by atoms with Crippen LogP contribution in [-0.2, 0) is 4.74 Å². The van der Waals surface area contributed by atoms with E-state index in [4.69, 9.17) is 4.74 Å². The lowest BCUT2D eigenvalue weighted by Crippen LogP contribution is -2.35. The molecule has 5 heteroatoms. The topological polar surface area (TPSA) is 38.3 Å². The molecule has 0 saturated heterocycles. The summed E-state index contributed by atoms with van der Waals surface area (Å²) in [4.78, 5) is 11.7. The molecule has 19 heavy (non-hydrogen) atoms. The van der Waals surface area contributed by atoms with Gasteiger partial charge >= 0.3 is 6.09 Å². The number of ether oxygens (including phenoxy) is 1. The van der Waals surface area contributed by atoms with Gasteiger partial charge in [0.2, 0.25) is 0 Å². The Morgan fingerprint density at radius 3 is 2.68 bits per heavy atom. The van der Waals surface area contributed by atoms with Gasteiger partial charge in [0.15, 0.2) is 0 Å². The van der Waals surface area contributed by atoms with E-state index >= 15 is 0 Å². The van der Waals surface area contributed by atoms with Crippen molar-refractivity contribution in [3.8, 4) is 0 Å². The number of alkyl carbamates (subject to hydrolysis) is 1. The molecular formula is C14H19BrFNO2. The summed E-state index contributed by atoms with van der Waals surface area (Å²) in [6, 6.07) is 7.04. The predicted octanol–water partition coefficient (Wildman–Crippen LogP) is 4.37. The van der Waals surface area contributed by atoms with E-state index in [0.717, 1.165) is 10.0 Å². The van der Waals surface area contributed by atoms with Crippen LogP contribution in [0.3, 0.4) is 0 Å². The quantitative estimate of drug-likeness (QED) is 0.889. The summed E-state index contributed by atoms with van der Waals surface area (Å²) in [5, 5.41) is 2.70. The molecule has 0 saturated carbocycles. The van der Waals surface area contributed by atoms with Gasteiger partial charge in [0, 0.05) is 10.9 Å². The maximum Gasteiger partial charge on any atom is 0.408 e. The zero-order valence-corrected chi connectivity index (χ0v) is 13.0. The SMILES string of the molecule is CC(C)(C)OC(=O)N[C@@H](CCF)c1cccc(Br)c1. The number of nitrogens with one attached hydrogen (secondary N) is 1. The fraction of sp³-hybridized carbons (Fsp3) is 0.500. The largest absolute Gasteiger partial charge is 0.444 e. The Bertz CT molecular complexity index is 432. The maximum absolute atomic E-state index is 12.6. The second kappa shape index (κ2) is 6.89. The number of carbonyl (C=O) groups excluding carboxylic acids is 1. The monoisotopic (exact) mass is 331 g/mol. The molecule has 0 aliphatic rings. The van der Waals surface area contributed by atoms with E-state index in [2.05, 4.69) is 21.2 Å². The van der Waals surface area contributed by atoms with E-state index in [-0.39, 0.29) is 6.42 Å². The highest BCUT2D eigenvalue weighted by molar-refractivity contribution is 9.10. The van der Waals surface area contributed by atoms with E-state index in [1.165, 1.54) is 0 Å². The Kier molecular flexibility index (Phi) is 5.79. The third kappa shape index (κ3) is 6.05. The Morgan fingerprint density at radius 2 is 2.16 bits per heavy atom. The van der Waals surface area contributed by atoms with Gasteiger partial charge in [0.05, 0.1) is 12.7 Å². The van der Waals surface area contributed by atoms with Crippen molar-refractivity contribution in [1.29, 1.82) is 0 Å². The van der Waals surface area contributed by atoms with Gasteiger partial charge in [-0.25, -0.2) is 4.79 Å². The summed E-state index contributed by atoms with van der Waals surface area (Å²) in [5.74, 6) is 0. The number of benzene rings is 1. The van der Waals surface area contributed by atoms with Crippen molar-refractivity contribution in [1.82, 2.24) is 5.32 Å². The summed E-state index contributed by atoms with van der Waals surface area (Å²) in [6.07, 6.45) is -0.318. The standard InChI is InChI=1S/C14H19BrFNO2/c1-14(2,3)19-13(18)17-12(7-8-16)10-5-4-6-11(15)9-10/h4-6,9,12H,7-8H2,1-3H3,(H,17,18)/t12-/m0/s1. The number of halogens is 2. The fourth-order valence-corrected chi connectivity index (χ4v) is 2.02. The van der Waals surface area contributed by atoms with E-state index < -0.39 is 24.4 Å². The lowest BCUT2D eigenvalue weighted by Gasteiger charge is -2.23. The number of alkyl halides is 1. The zero-order valence-electron chi connectivity index (χ0n) is 11.4. The molecule has 0 bridgehead atoms. The minimum Gasteiger partial charge on any atom is -0.444 e. The second-order valence-corrected chi connectivity index (χ2v) is 6.15. The molecule has 3 nitrogen and oxygen atoms in total. The first-order valence-corrected chi connectivity index (χ1v) is 6.92. The molecule has 0 heterocycles. The van der Waals surface area contributed by atoms with Crippen molar-refractivity contribution in [3.05, 3.63) is 34.3 Å². The van der Waals surface area contributed by atoms with Crippen molar-refractivity contribution in [2.45, 2.75) is 38.8 Å². The maximum atomic E-state index is 12.6. The first kappa shape index (κ1) is 16.0. The van der Waals surface area contributed by atoms with Crippen LogP contribution in [0.25, 0.3) is 0 Å². The van der Waals surface area contributed by atoms with E-state index in [0.29, 0.717) is 0 Å². The van der Waals surface area contributed by atoms with Gasteiger partial charge in [-0.3, -0.25) is 4.39 Å². The number of hydrogen-bond acceptors (Lipinski definition) is 2. The van der Waals surface area contributed by atoms with Crippen LogP contribution in [-0.4, -0.2) is 18.4 Å². The van der Waals surface area contributed by atoms with Crippen molar-refractivity contribution < 1.29 is 13.9 Å². The first-order chi connectivity index (χ1) is 8.81. The molecule has 1 N–H and O–H groups in total. The lowest BCUT2D eigenvalue weighted by atomic mass is 10.0. The van der Waals surface area contributed by atoms with Crippen molar-refractivity contribution in [3.63, 3.8) is 0 Å². The molecule has 1 aromatic carbocycles. The Morgan fingerprint density at radius 1 is 1.47 bits per heavy atom. The van der Waals surface area contributed by atoms with E-state index in [9.17, 15) is 9.18 Å². The molecule has 0 unspecified atom stereocenters.